The molecule has 1 aromatic carbocycles. The van der Waals surface area contributed by atoms with Gasteiger partial charge in [-0.1, -0.05) is 35.5 Å². The fraction of sp³-hybridized carbons (Fsp3) is 0.286. The first-order chi connectivity index (χ1) is 9.24. The number of hydrogen-bond donors (Lipinski definition) is 2. The standard InChI is InChI=1S/C14H17N3O2/c1-11-9-13(17-19-11)16-14(18)10-15-8-7-12-5-3-2-4-6-12/h2-6,9,15H,7-8,10H2,1H3,(H,16,17,18)/p+1. The summed E-state index contributed by atoms with van der Waals surface area (Å²) in [5.74, 6) is 1.09. The summed E-state index contributed by atoms with van der Waals surface area (Å²) >= 11 is 0. The van der Waals surface area contributed by atoms with Crippen LogP contribution in [0, 0.1) is 6.92 Å². The minimum Gasteiger partial charge on any atom is -0.360 e. The van der Waals surface area contributed by atoms with E-state index in [1.807, 2.05) is 23.5 Å². The average Bonchev–Trinajstić information content (AvgIpc) is 2.81. The van der Waals surface area contributed by atoms with Gasteiger partial charge in [0, 0.05) is 12.5 Å². The zero-order valence-corrected chi connectivity index (χ0v) is 10.9. The predicted octanol–water partition coefficient (Wildman–Crippen LogP) is 0.728. The van der Waals surface area contributed by atoms with Gasteiger partial charge in [-0.15, -0.1) is 0 Å². The minimum absolute atomic E-state index is 0.0682. The molecule has 2 aromatic rings. The summed E-state index contributed by atoms with van der Waals surface area (Å²) in [5.41, 5.74) is 1.28. The molecule has 1 amide bonds. The zero-order valence-electron chi connectivity index (χ0n) is 10.9. The summed E-state index contributed by atoms with van der Waals surface area (Å²) in [6, 6.07) is 11.9. The summed E-state index contributed by atoms with van der Waals surface area (Å²) in [5, 5.41) is 8.38. The molecule has 19 heavy (non-hydrogen) atoms. The Kier molecular flexibility index (Phi) is 4.69. The summed E-state index contributed by atoms with van der Waals surface area (Å²) in [7, 11) is 0. The zero-order chi connectivity index (χ0) is 13.5. The largest absolute Gasteiger partial charge is 0.360 e. The van der Waals surface area contributed by atoms with Gasteiger partial charge in [-0.2, -0.15) is 0 Å². The molecule has 0 fully saturated rings. The Labute approximate surface area is 112 Å². The van der Waals surface area contributed by atoms with Gasteiger partial charge in [0.15, 0.2) is 12.4 Å². The van der Waals surface area contributed by atoms with E-state index in [-0.39, 0.29) is 5.91 Å². The van der Waals surface area contributed by atoms with E-state index in [1.54, 1.807) is 13.0 Å². The molecule has 0 saturated heterocycles. The number of aryl methyl sites for hydroxylation is 1. The van der Waals surface area contributed by atoms with Crippen LogP contribution in [0.3, 0.4) is 0 Å². The minimum atomic E-state index is -0.0682. The van der Waals surface area contributed by atoms with Crippen LogP contribution in [0.25, 0.3) is 0 Å². The maximum atomic E-state index is 11.6. The second-order valence-electron chi connectivity index (χ2n) is 4.39. The van der Waals surface area contributed by atoms with Crippen LogP contribution in [-0.2, 0) is 11.2 Å². The maximum Gasteiger partial charge on any atom is 0.280 e. The van der Waals surface area contributed by atoms with Gasteiger partial charge in [-0.3, -0.25) is 4.79 Å². The van der Waals surface area contributed by atoms with Crippen LogP contribution < -0.4 is 10.6 Å². The number of rotatable bonds is 6. The van der Waals surface area contributed by atoms with Crippen molar-refractivity contribution in [3.8, 4) is 0 Å². The van der Waals surface area contributed by atoms with Crippen molar-refractivity contribution in [1.82, 2.24) is 5.16 Å². The lowest BCUT2D eigenvalue weighted by molar-refractivity contribution is -0.643. The molecule has 0 spiro atoms. The van der Waals surface area contributed by atoms with E-state index in [1.165, 1.54) is 5.56 Å². The van der Waals surface area contributed by atoms with E-state index in [0.717, 1.165) is 13.0 Å². The number of nitrogens with one attached hydrogen (secondary N) is 1. The third-order valence-electron chi connectivity index (χ3n) is 2.71. The van der Waals surface area contributed by atoms with Crippen molar-refractivity contribution in [3.05, 3.63) is 47.7 Å². The summed E-state index contributed by atoms with van der Waals surface area (Å²) in [6.45, 7) is 3.06. The van der Waals surface area contributed by atoms with Gasteiger partial charge in [0.2, 0.25) is 0 Å². The molecular weight excluding hydrogens is 242 g/mol. The number of benzene rings is 1. The highest BCUT2D eigenvalue weighted by molar-refractivity contribution is 5.90. The Morgan fingerprint density at radius 1 is 1.37 bits per heavy atom. The molecule has 1 aromatic heterocycles. The van der Waals surface area contributed by atoms with Crippen LogP contribution in [0.4, 0.5) is 5.82 Å². The van der Waals surface area contributed by atoms with Gasteiger partial charge in [0.1, 0.15) is 5.76 Å². The summed E-state index contributed by atoms with van der Waals surface area (Å²) in [4.78, 5) is 11.6. The third kappa shape index (κ3) is 4.56. The molecule has 100 valence electrons. The van der Waals surface area contributed by atoms with Crippen molar-refractivity contribution >= 4 is 11.7 Å². The first-order valence-electron chi connectivity index (χ1n) is 6.33. The fourth-order valence-corrected chi connectivity index (χ4v) is 1.77. The van der Waals surface area contributed by atoms with Gasteiger partial charge in [-0.05, 0) is 12.5 Å². The number of aromatic nitrogens is 1. The second kappa shape index (κ2) is 6.70. The van der Waals surface area contributed by atoms with Gasteiger partial charge in [-0.25, -0.2) is 0 Å². The fourth-order valence-electron chi connectivity index (χ4n) is 1.77. The number of amides is 1. The highest BCUT2D eigenvalue weighted by Crippen LogP contribution is 2.05. The SMILES string of the molecule is Cc1cc(NC(=O)C[NH2+]CCc2ccccc2)no1. The van der Waals surface area contributed by atoms with Crippen molar-refractivity contribution in [2.45, 2.75) is 13.3 Å². The van der Waals surface area contributed by atoms with Crippen LogP contribution in [0.1, 0.15) is 11.3 Å². The van der Waals surface area contributed by atoms with Crippen LogP contribution in [-0.4, -0.2) is 24.2 Å². The van der Waals surface area contributed by atoms with Gasteiger partial charge >= 0.3 is 0 Å². The molecule has 5 nitrogen and oxygen atoms in total. The van der Waals surface area contributed by atoms with Crippen molar-refractivity contribution in [3.63, 3.8) is 0 Å². The van der Waals surface area contributed by atoms with Crippen molar-refractivity contribution in [2.75, 3.05) is 18.4 Å². The number of carbonyl (C=O) groups is 1. The third-order valence-corrected chi connectivity index (χ3v) is 2.71. The number of quaternary nitrogens is 1. The highest BCUT2D eigenvalue weighted by Gasteiger charge is 2.07. The van der Waals surface area contributed by atoms with E-state index in [0.29, 0.717) is 18.1 Å². The number of nitrogens with two attached hydrogens (primary N) is 1. The number of hydrogen-bond acceptors (Lipinski definition) is 3. The molecule has 0 saturated carbocycles. The highest BCUT2D eigenvalue weighted by atomic mass is 16.5. The van der Waals surface area contributed by atoms with Gasteiger partial charge < -0.3 is 15.2 Å². The lowest BCUT2D eigenvalue weighted by atomic mass is 10.1. The van der Waals surface area contributed by atoms with Crippen molar-refractivity contribution < 1.29 is 14.6 Å². The topological polar surface area (TPSA) is 71.7 Å². The van der Waals surface area contributed by atoms with Crippen molar-refractivity contribution in [1.29, 1.82) is 0 Å². The number of carbonyl (C=O) groups excluding carboxylic acids is 1. The van der Waals surface area contributed by atoms with Crippen LogP contribution in [0.5, 0.6) is 0 Å². The molecule has 0 atom stereocenters. The van der Waals surface area contributed by atoms with E-state index < -0.39 is 0 Å². The summed E-state index contributed by atoms with van der Waals surface area (Å²) < 4.78 is 4.87. The lowest BCUT2D eigenvalue weighted by Crippen LogP contribution is -2.86. The molecule has 3 N–H and O–H groups in total. The van der Waals surface area contributed by atoms with Crippen LogP contribution >= 0.6 is 0 Å². The van der Waals surface area contributed by atoms with Crippen LogP contribution in [0.2, 0.25) is 0 Å². The van der Waals surface area contributed by atoms with E-state index in [9.17, 15) is 4.79 Å². The molecule has 0 aliphatic heterocycles. The second-order valence-corrected chi connectivity index (χ2v) is 4.39. The quantitative estimate of drug-likeness (QED) is 0.752. The molecule has 0 unspecified atom stereocenters. The Balaban J connectivity index is 1.64. The Morgan fingerprint density at radius 3 is 2.84 bits per heavy atom. The summed E-state index contributed by atoms with van der Waals surface area (Å²) in [6.07, 6.45) is 0.956. The van der Waals surface area contributed by atoms with Gasteiger partial charge in [0.05, 0.1) is 6.54 Å². The van der Waals surface area contributed by atoms with Gasteiger partial charge in [0.25, 0.3) is 5.91 Å². The lowest BCUT2D eigenvalue weighted by Gasteiger charge is -2.02. The smallest absolute Gasteiger partial charge is 0.280 e. The van der Waals surface area contributed by atoms with E-state index >= 15 is 0 Å². The molecular formula is C14H18N3O2+. The Bertz CT molecular complexity index is 522. The first-order valence-corrected chi connectivity index (χ1v) is 6.33. The molecule has 5 heteroatoms. The molecule has 0 bridgehead atoms. The Hall–Kier alpha value is -2.14. The van der Waals surface area contributed by atoms with Crippen LogP contribution in [0.15, 0.2) is 40.9 Å². The molecule has 0 aliphatic carbocycles. The van der Waals surface area contributed by atoms with E-state index in [2.05, 4.69) is 22.6 Å². The molecule has 0 aliphatic rings. The normalized spacial score (nSPS) is 10.4. The predicted molar refractivity (Wildman–Crippen MR) is 71.7 cm³/mol. The monoisotopic (exact) mass is 260 g/mol. The van der Waals surface area contributed by atoms with Crippen molar-refractivity contribution in [2.24, 2.45) is 0 Å². The molecule has 1 heterocycles. The first kappa shape index (κ1) is 13.3. The number of anilines is 1. The average molecular weight is 260 g/mol. The maximum absolute atomic E-state index is 11.6. The Morgan fingerprint density at radius 2 is 2.16 bits per heavy atom. The molecule has 0 radical (unpaired) electrons. The van der Waals surface area contributed by atoms with E-state index in [4.69, 9.17) is 4.52 Å². The molecule has 2 rings (SSSR count). The number of nitrogens with zero attached hydrogens (tertiary/aromatic N) is 1.